The van der Waals surface area contributed by atoms with Crippen molar-refractivity contribution in [3.63, 3.8) is 0 Å². The quantitative estimate of drug-likeness (QED) is 0.728. The summed E-state index contributed by atoms with van der Waals surface area (Å²) in [4.78, 5) is 11.5. The average molecular weight is 185 g/mol. The molecule has 13 heavy (non-hydrogen) atoms. The fraction of sp³-hybridized carbons (Fsp3) is 0.909. The SMILES string of the molecule is CCC(=O)C(C)(C)CNC(C)(C)C. The fourth-order valence-corrected chi connectivity index (χ4v) is 1.06. The summed E-state index contributed by atoms with van der Waals surface area (Å²) in [6.07, 6.45) is 0.624. The van der Waals surface area contributed by atoms with E-state index >= 15 is 0 Å². The first kappa shape index (κ1) is 12.6. The van der Waals surface area contributed by atoms with E-state index in [0.717, 1.165) is 6.54 Å². The predicted octanol–water partition coefficient (Wildman–Crippen LogP) is 2.38. The lowest BCUT2D eigenvalue weighted by atomic mass is 9.86. The smallest absolute Gasteiger partial charge is 0.139 e. The van der Waals surface area contributed by atoms with Gasteiger partial charge in [-0.3, -0.25) is 4.79 Å². The molecule has 0 aromatic carbocycles. The number of rotatable bonds is 4. The Morgan fingerprint density at radius 2 is 1.62 bits per heavy atom. The zero-order valence-electron chi connectivity index (χ0n) is 9.82. The summed E-state index contributed by atoms with van der Waals surface area (Å²) in [6.45, 7) is 13.0. The summed E-state index contributed by atoms with van der Waals surface area (Å²) in [5, 5.41) is 3.36. The highest BCUT2D eigenvalue weighted by molar-refractivity contribution is 5.83. The van der Waals surface area contributed by atoms with Crippen molar-refractivity contribution >= 4 is 5.78 Å². The Bertz CT molecular complexity index is 177. The normalized spacial score (nSPS) is 13.1. The molecule has 0 aliphatic rings. The molecule has 0 atom stereocenters. The van der Waals surface area contributed by atoms with E-state index in [9.17, 15) is 4.79 Å². The van der Waals surface area contributed by atoms with Gasteiger partial charge in [0.15, 0.2) is 0 Å². The van der Waals surface area contributed by atoms with E-state index in [1.165, 1.54) is 0 Å². The number of carbonyl (C=O) groups is 1. The summed E-state index contributed by atoms with van der Waals surface area (Å²) in [5.41, 5.74) is -0.146. The van der Waals surface area contributed by atoms with Crippen LogP contribution in [0.15, 0.2) is 0 Å². The molecule has 2 heteroatoms. The molecule has 0 unspecified atom stereocenters. The molecule has 0 aliphatic heterocycles. The van der Waals surface area contributed by atoms with Crippen LogP contribution in [0.5, 0.6) is 0 Å². The van der Waals surface area contributed by atoms with Crippen LogP contribution in [0.2, 0.25) is 0 Å². The lowest BCUT2D eigenvalue weighted by Gasteiger charge is -2.29. The molecule has 0 heterocycles. The molecule has 1 N–H and O–H groups in total. The highest BCUT2D eigenvalue weighted by atomic mass is 16.1. The lowest BCUT2D eigenvalue weighted by molar-refractivity contribution is -0.126. The van der Waals surface area contributed by atoms with Crippen molar-refractivity contribution in [1.82, 2.24) is 5.32 Å². The van der Waals surface area contributed by atoms with Gasteiger partial charge in [0.05, 0.1) is 0 Å². The highest BCUT2D eigenvalue weighted by Gasteiger charge is 2.26. The Balaban J connectivity index is 4.11. The topological polar surface area (TPSA) is 29.1 Å². The van der Waals surface area contributed by atoms with Crippen molar-refractivity contribution in [2.24, 2.45) is 5.41 Å². The summed E-state index contributed by atoms with van der Waals surface area (Å²) in [5.74, 6) is 0.323. The molecule has 0 saturated heterocycles. The third-order valence-corrected chi connectivity index (χ3v) is 2.14. The standard InChI is InChI=1S/C11H23NO/c1-7-9(13)11(5,6)8-12-10(2,3)4/h12H,7-8H2,1-6H3. The molecule has 0 spiro atoms. The van der Waals surface area contributed by atoms with Gasteiger partial charge >= 0.3 is 0 Å². The van der Waals surface area contributed by atoms with Gasteiger partial charge in [-0.05, 0) is 20.8 Å². The zero-order chi connectivity index (χ0) is 10.7. The second-order valence-corrected chi connectivity index (χ2v) is 5.26. The van der Waals surface area contributed by atoms with Gasteiger partial charge in [-0.25, -0.2) is 0 Å². The van der Waals surface area contributed by atoms with Crippen LogP contribution < -0.4 is 5.32 Å². The number of Topliss-reactive ketones (excluding diaryl/α,β-unsaturated/α-hetero) is 1. The molecule has 0 aromatic rings. The molecule has 0 amide bonds. The van der Waals surface area contributed by atoms with E-state index in [0.29, 0.717) is 12.2 Å². The molecule has 0 bridgehead atoms. The van der Waals surface area contributed by atoms with Crippen molar-refractivity contribution in [2.75, 3.05) is 6.54 Å². The summed E-state index contributed by atoms with van der Waals surface area (Å²) >= 11 is 0. The number of hydrogen-bond donors (Lipinski definition) is 1. The maximum absolute atomic E-state index is 11.5. The molecular formula is C11H23NO. The van der Waals surface area contributed by atoms with E-state index in [1.54, 1.807) is 0 Å². The van der Waals surface area contributed by atoms with Gasteiger partial charge in [0.2, 0.25) is 0 Å². The van der Waals surface area contributed by atoms with Crippen LogP contribution in [0, 0.1) is 5.41 Å². The van der Waals surface area contributed by atoms with Crippen LogP contribution in [-0.4, -0.2) is 17.9 Å². The third-order valence-electron chi connectivity index (χ3n) is 2.14. The van der Waals surface area contributed by atoms with Crippen molar-refractivity contribution in [2.45, 2.75) is 53.5 Å². The van der Waals surface area contributed by atoms with Crippen molar-refractivity contribution in [1.29, 1.82) is 0 Å². The van der Waals surface area contributed by atoms with Crippen LogP contribution >= 0.6 is 0 Å². The van der Waals surface area contributed by atoms with Gasteiger partial charge in [0.25, 0.3) is 0 Å². The summed E-state index contributed by atoms with van der Waals surface area (Å²) in [6, 6.07) is 0. The van der Waals surface area contributed by atoms with E-state index < -0.39 is 0 Å². The maximum atomic E-state index is 11.5. The van der Waals surface area contributed by atoms with Crippen LogP contribution in [0.1, 0.15) is 48.0 Å². The molecule has 0 aromatic heterocycles. The Morgan fingerprint density at radius 3 is 1.92 bits per heavy atom. The van der Waals surface area contributed by atoms with E-state index in [-0.39, 0.29) is 11.0 Å². The van der Waals surface area contributed by atoms with Gasteiger partial charge in [-0.2, -0.15) is 0 Å². The number of ketones is 1. The van der Waals surface area contributed by atoms with Crippen LogP contribution in [0.4, 0.5) is 0 Å². The highest BCUT2D eigenvalue weighted by Crippen LogP contribution is 2.18. The Hall–Kier alpha value is -0.370. The third kappa shape index (κ3) is 5.04. The molecule has 0 fully saturated rings. The first-order valence-electron chi connectivity index (χ1n) is 4.97. The molecular weight excluding hydrogens is 162 g/mol. The first-order chi connectivity index (χ1) is 5.69. The molecule has 78 valence electrons. The molecule has 2 nitrogen and oxygen atoms in total. The molecule has 0 rings (SSSR count). The van der Waals surface area contributed by atoms with Crippen LogP contribution in [-0.2, 0) is 4.79 Å². The minimum absolute atomic E-state index is 0.0886. The average Bonchev–Trinajstić information content (AvgIpc) is 1.98. The number of hydrogen-bond acceptors (Lipinski definition) is 2. The van der Waals surface area contributed by atoms with Gasteiger partial charge in [0, 0.05) is 23.9 Å². The second kappa shape index (κ2) is 4.23. The van der Waals surface area contributed by atoms with Crippen molar-refractivity contribution < 1.29 is 4.79 Å². The van der Waals surface area contributed by atoms with Gasteiger partial charge in [-0.1, -0.05) is 20.8 Å². The Labute approximate surface area is 82.1 Å². The molecule has 0 radical (unpaired) electrons. The van der Waals surface area contributed by atoms with Gasteiger partial charge < -0.3 is 5.32 Å². The first-order valence-corrected chi connectivity index (χ1v) is 4.97. The fourth-order valence-electron chi connectivity index (χ4n) is 1.06. The van der Waals surface area contributed by atoms with Gasteiger partial charge in [0.1, 0.15) is 5.78 Å². The predicted molar refractivity (Wildman–Crippen MR) is 56.8 cm³/mol. The Kier molecular flexibility index (Phi) is 4.11. The van der Waals surface area contributed by atoms with Crippen LogP contribution in [0.25, 0.3) is 0 Å². The lowest BCUT2D eigenvalue weighted by Crippen LogP contribution is -2.44. The summed E-state index contributed by atoms with van der Waals surface area (Å²) < 4.78 is 0. The van der Waals surface area contributed by atoms with E-state index in [1.807, 2.05) is 20.8 Å². The van der Waals surface area contributed by atoms with Crippen molar-refractivity contribution in [3.05, 3.63) is 0 Å². The zero-order valence-corrected chi connectivity index (χ0v) is 9.82. The minimum Gasteiger partial charge on any atom is -0.311 e. The van der Waals surface area contributed by atoms with E-state index in [2.05, 4.69) is 26.1 Å². The monoisotopic (exact) mass is 185 g/mol. The van der Waals surface area contributed by atoms with Crippen LogP contribution in [0.3, 0.4) is 0 Å². The second-order valence-electron chi connectivity index (χ2n) is 5.26. The van der Waals surface area contributed by atoms with Gasteiger partial charge in [-0.15, -0.1) is 0 Å². The summed E-state index contributed by atoms with van der Waals surface area (Å²) in [7, 11) is 0. The minimum atomic E-state index is -0.234. The maximum Gasteiger partial charge on any atom is 0.139 e. The Morgan fingerprint density at radius 1 is 1.15 bits per heavy atom. The van der Waals surface area contributed by atoms with E-state index in [4.69, 9.17) is 0 Å². The molecule has 0 saturated carbocycles. The molecule has 0 aliphatic carbocycles. The number of nitrogens with one attached hydrogen (secondary N) is 1. The number of carbonyl (C=O) groups excluding carboxylic acids is 1. The van der Waals surface area contributed by atoms with Crippen molar-refractivity contribution in [3.8, 4) is 0 Å². The largest absolute Gasteiger partial charge is 0.311 e.